The van der Waals surface area contributed by atoms with Gasteiger partial charge in [0.25, 0.3) is 0 Å². The Morgan fingerprint density at radius 1 is 1.12 bits per heavy atom. The Kier molecular flexibility index (Phi) is 5.00. The van der Waals surface area contributed by atoms with Gasteiger partial charge in [-0.1, -0.05) is 53.7 Å². The summed E-state index contributed by atoms with van der Waals surface area (Å²) in [6, 6.07) is 7.46. The average Bonchev–Trinajstić information content (AvgIpc) is 2.82. The van der Waals surface area contributed by atoms with Gasteiger partial charge in [0.15, 0.2) is 7.85 Å². The van der Waals surface area contributed by atoms with E-state index in [1.165, 1.54) is 4.90 Å². The van der Waals surface area contributed by atoms with Crippen molar-refractivity contribution in [2.24, 2.45) is 17.3 Å². The molecule has 1 aromatic carbocycles. The normalized spacial score (nSPS) is 19.0. The molecule has 1 atom stereocenters. The highest BCUT2D eigenvalue weighted by atomic mass is 16.2. The lowest BCUT2D eigenvalue weighted by molar-refractivity contribution is -0.123. The second-order valence-corrected chi connectivity index (χ2v) is 8.48. The summed E-state index contributed by atoms with van der Waals surface area (Å²) >= 11 is 0. The monoisotopic (exact) mass is 341 g/mol. The summed E-state index contributed by atoms with van der Waals surface area (Å²) in [7, 11) is 1.61. The summed E-state index contributed by atoms with van der Waals surface area (Å²) < 4.78 is 0. The first-order valence-electron chi connectivity index (χ1n) is 8.89. The standard InChI is InChI=1S/C20H28BNO3/c1-12(2)15-11-16(23)22(17(15)24)14-9-7-13(8-10-14)19(3,4)20(5,6)18(21)25/h7-10,12,15H,11,21H2,1-6H3. The van der Waals surface area contributed by atoms with E-state index in [-0.39, 0.29) is 41.2 Å². The molecule has 1 unspecified atom stereocenters. The van der Waals surface area contributed by atoms with E-state index in [2.05, 4.69) is 0 Å². The van der Waals surface area contributed by atoms with Crippen LogP contribution in [-0.2, 0) is 19.8 Å². The topological polar surface area (TPSA) is 54.5 Å². The van der Waals surface area contributed by atoms with Gasteiger partial charge in [0, 0.05) is 17.3 Å². The Balaban J connectivity index is 2.34. The van der Waals surface area contributed by atoms with Gasteiger partial charge in [0.1, 0.15) is 0 Å². The molecular formula is C20H28BNO3. The quantitative estimate of drug-likeness (QED) is 0.611. The van der Waals surface area contributed by atoms with Gasteiger partial charge in [-0.15, -0.1) is 0 Å². The van der Waals surface area contributed by atoms with E-state index in [4.69, 9.17) is 0 Å². The first-order chi connectivity index (χ1) is 11.4. The summed E-state index contributed by atoms with van der Waals surface area (Å²) in [6.45, 7) is 11.9. The van der Waals surface area contributed by atoms with Crippen LogP contribution in [0.25, 0.3) is 0 Å². The smallest absolute Gasteiger partial charge is 0.237 e. The summed E-state index contributed by atoms with van der Waals surface area (Å²) in [6.07, 6.45) is 0.279. The van der Waals surface area contributed by atoms with Gasteiger partial charge in [0.2, 0.25) is 11.8 Å². The number of benzene rings is 1. The minimum absolute atomic E-state index is 0.115. The van der Waals surface area contributed by atoms with Gasteiger partial charge in [-0.25, -0.2) is 0 Å². The molecule has 1 aromatic rings. The predicted molar refractivity (Wildman–Crippen MR) is 102 cm³/mol. The molecule has 1 aliphatic rings. The molecule has 1 saturated heterocycles. The molecular weight excluding hydrogens is 313 g/mol. The first kappa shape index (κ1) is 19.4. The Labute approximate surface area is 151 Å². The predicted octanol–water partition coefficient (Wildman–Crippen LogP) is 2.69. The molecule has 134 valence electrons. The minimum Gasteiger partial charge on any atom is -0.311 e. The number of imide groups is 1. The van der Waals surface area contributed by atoms with E-state index in [1.807, 2.05) is 65.8 Å². The van der Waals surface area contributed by atoms with Crippen molar-refractivity contribution in [3.05, 3.63) is 29.8 Å². The Hall–Kier alpha value is -1.91. The summed E-state index contributed by atoms with van der Waals surface area (Å²) in [5.41, 5.74) is 0.869. The van der Waals surface area contributed by atoms with Crippen LogP contribution in [0.5, 0.6) is 0 Å². The Morgan fingerprint density at radius 3 is 2.04 bits per heavy atom. The van der Waals surface area contributed by atoms with E-state index in [0.717, 1.165) is 5.56 Å². The third-order valence-corrected chi connectivity index (χ3v) is 6.28. The van der Waals surface area contributed by atoms with Crippen molar-refractivity contribution in [3.63, 3.8) is 0 Å². The van der Waals surface area contributed by atoms with Crippen LogP contribution in [-0.4, -0.2) is 25.3 Å². The van der Waals surface area contributed by atoms with Crippen molar-refractivity contribution in [3.8, 4) is 0 Å². The average molecular weight is 341 g/mol. The van der Waals surface area contributed by atoms with Crippen LogP contribution in [0.1, 0.15) is 53.5 Å². The highest BCUT2D eigenvalue weighted by Gasteiger charge is 2.43. The third kappa shape index (κ3) is 3.16. The second-order valence-electron chi connectivity index (χ2n) is 8.48. The number of carbonyl (C=O) groups is 3. The van der Waals surface area contributed by atoms with Crippen molar-refractivity contribution < 1.29 is 14.4 Å². The largest absolute Gasteiger partial charge is 0.311 e. The van der Waals surface area contributed by atoms with Crippen LogP contribution < -0.4 is 4.90 Å². The van der Waals surface area contributed by atoms with Crippen LogP contribution in [0.4, 0.5) is 5.69 Å². The molecule has 5 heteroatoms. The van der Waals surface area contributed by atoms with Crippen molar-refractivity contribution >= 4 is 31.0 Å². The van der Waals surface area contributed by atoms with Gasteiger partial charge in [0.05, 0.1) is 17.3 Å². The molecule has 2 amide bonds. The number of anilines is 1. The lowest BCUT2D eigenvalue weighted by atomic mass is 9.58. The maximum Gasteiger partial charge on any atom is 0.237 e. The van der Waals surface area contributed by atoms with E-state index in [1.54, 1.807) is 7.85 Å². The van der Waals surface area contributed by atoms with Gasteiger partial charge < -0.3 is 4.79 Å². The van der Waals surface area contributed by atoms with E-state index >= 15 is 0 Å². The maximum absolute atomic E-state index is 12.5. The van der Waals surface area contributed by atoms with Crippen LogP contribution in [0, 0.1) is 17.3 Å². The van der Waals surface area contributed by atoms with Crippen LogP contribution in [0.15, 0.2) is 24.3 Å². The third-order valence-electron chi connectivity index (χ3n) is 6.28. The number of nitrogens with zero attached hydrogens (tertiary/aromatic N) is 1. The molecule has 4 nitrogen and oxygen atoms in total. The summed E-state index contributed by atoms with van der Waals surface area (Å²) in [4.78, 5) is 38.2. The van der Waals surface area contributed by atoms with Gasteiger partial charge in [-0.3, -0.25) is 14.5 Å². The number of hydrogen-bond acceptors (Lipinski definition) is 3. The second kappa shape index (κ2) is 6.43. The highest BCUT2D eigenvalue weighted by molar-refractivity contribution is 6.59. The number of rotatable bonds is 5. The van der Waals surface area contributed by atoms with E-state index < -0.39 is 5.41 Å². The summed E-state index contributed by atoms with van der Waals surface area (Å²) in [5, 5.41) is 0. The van der Waals surface area contributed by atoms with Crippen molar-refractivity contribution in [2.45, 2.75) is 53.4 Å². The van der Waals surface area contributed by atoms with Crippen LogP contribution >= 0.6 is 0 Å². The van der Waals surface area contributed by atoms with Crippen molar-refractivity contribution in [1.29, 1.82) is 0 Å². The minimum atomic E-state index is -0.517. The molecule has 0 N–H and O–H groups in total. The fraction of sp³-hybridized carbons (Fsp3) is 0.550. The Bertz CT molecular complexity index is 704. The highest BCUT2D eigenvalue weighted by Crippen LogP contribution is 2.42. The van der Waals surface area contributed by atoms with E-state index in [9.17, 15) is 14.4 Å². The van der Waals surface area contributed by atoms with Gasteiger partial charge in [-0.05, 0) is 23.6 Å². The molecule has 0 bridgehead atoms. The SMILES string of the molecule is BC(=O)C(C)(C)C(C)(C)c1ccc(N2C(=O)CC(C(C)C)C2=O)cc1. The molecule has 0 radical (unpaired) electrons. The molecule has 1 fully saturated rings. The summed E-state index contributed by atoms with van der Waals surface area (Å²) in [5.74, 6) is -0.341. The molecule has 25 heavy (non-hydrogen) atoms. The zero-order valence-corrected chi connectivity index (χ0v) is 16.3. The number of hydrogen-bond donors (Lipinski definition) is 0. The number of carbonyl (C=O) groups excluding carboxylic acids is 3. The number of amides is 2. The Morgan fingerprint density at radius 2 is 1.64 bits per heavy atom. The van der Waals surface area contributed by atoms with E-state index in [0.29, 0.717) is 5.69 Å². The zero-order valence-electron chi connectivity index (χ0n) is 16.3. The zero-order chi connectivity index (χ0) is 19.2. The lowest BCUT2D eigenvalue weighted by Crippen LogP contribution is -2.43. The molecule has 2 rings (SSSR count). The molecule has 0 aliphatic carbocycles. The first-order valence-corrected chi connectivity index (χ1v) is 8.89. The van der Waals surface area contributed by atoms with Crippen molar-refractivity contribution in [2.75, 3.05) is 4.90 Å². The van der Waals surface area contributed by atoms with Gasteiger partial charge >= 0.3 is 0 Å². The molecule has 1 heterocycles. The van der Waals surface area contributed by atoms with Crippen molar-refractivity contribution in [1.82, 2.24) is 0 Å². The molecule has 1 aliphatic heterocycles. The van der Waals surface area contributed by atoms with Gasteiger partial charge in [-0.2, -0.15) is 0 Å². The lowest BCUT2D eigenvalue weighted by Gasteiger charge is -2.40. The van der Waals surface area contributed by atoms with Crippen LogP contribution in [0.3, 0.4) is 0 Å². The molecule has 0 saturated carbocycles. The fourth-order valence-electron chi connectivity index (χ4n) is 3.28. The fourth-order valence-corrected chi connectivity index (χ4v) is 3.28. The maximum atomic E-state index is 12.5. The molecule has 0 aromatic heterocycles. The van der Waals surface area contributed by atoms with Crippen LogP contribution in [0.2, 0.25) is 0 Å². The molecule has 0 spiro atoms.